The molecule has 3 rings (SSSR count). The van der Waals surface area contributed by atoms with Crippen molar-refractivity contribution >= 4 is 56.4 Å². The van der Waals surface area contributed by atoms with Gasteiger partial charge in [0.05, 0.1) is 15.1 Å². The molecule has 0 atom stereocenters. The Labute approximate surface area is 188 Å². The fourth-order valence-corrected chi connectivity index (χ4v) is 4.27. The van der Waals surface area contributed by atoms with E-state index in [0.717, 1.165) is 11.3 Å². The third kappa shape index (κ3) is 5.73. The van der Waals surface area contributed by atoms with Crippen molar-refractivity contribution in [2.75, 3.05) is 13.2 Å². The lowest BCUT2D eigenvalue weighted by Crippen LogP contribution is -2.32. The summed E-state index contributed by atoms with van der Waals surface area (Å²) in [5, 5.41) is 0.673. The van der Waals surface area contributed by atoms with E-state index in [1.807, 2.05) is 48.5 Å². The highest BCUT2D eigenvalue weighted by Gasteiger charge is 2.33. The summed E-state index contributed by atoms with van der Waals surface area (Å²) in [5.41, 5.74) is 6.75. The van der Waals surface area contributed by atoms with Crippen LogP contribution in [0.3, 0.4) is 0 Å². The Morgan fingerprint density at radius 3 is 2.63 bits per heavy atom. The normalized spacial score (nSPS) is 16.7. The van der Waals surface area contributed by atoms with E-state index in [2.05, 4.69) is 34.8 Å². The Morgan fingerprint density at radius 1 is 1.27 bits per heavy atom. The number of halogens is 1. The van der Waals surface area contributed by atoms with E-state index in [4.69, 9.17) is 10.5 Å². The molecule has 0 spiro atoms. The van der Waals surface area contributed by atoms with Crippen molar-refractivity contribution in [1.82, 2.24) is 4.90 Å². The first-order chi connectivity index (χ1) is 14.3. The molecule has 0 radical (unpaired) electrons. The molecule has 1 saturated heterocycles. The maximum Gasteiger partial charge on any atom is 0.266 e. The van der Waals surface area contributed by atoms with Crippen LogP contribution < -0.4 is 10.5 Å². The predicted octanol–water partition coefficient (Wildman–Crippen LogP) is 4.57. The molecule has 0 unspecified atom stereocenters. The molecule has 0 bridgehead atoms. The first-order valence-electron chi connectivity index (χ1n) is 9.39. The second-order valence-electron chi connectivity index (χ2n) is 7.10. The monoisotopic (exact) mass is 487 g/mol. The lowest BCUT2D eigenvalue weighted by Gasteiger charge is -2.17. The largest absolute Gasteiger partial charge is 0.483 e. The highest BCUT2D eigenvalue weighted by molar-refractivity contribution is 9.10. The van der Waals surface area contributed by atoms with Crippen molar-refractivity contribution in [3.8, 4) is 5.75 Å². The number of nitrogens with two attached hydrogens (primary N) is 1. The summed E-state index contributed by atoms with van der Waals surface area (Å²) in [5.74, 6) is 0.213. The standard InChI is InChI=1S/C22H22BrN3O3S/c1-14(2)12-26-21(28)19(30-22(26)25-16-6-4-3-5-7-16)11-15-8-9-18(17(23)10-15)29-13-20(24)27/h3-11,14H,12-13H2,1-2H3,(H2,24,27)/b19-11+,25-22?. The fraction of sp³-hybridized carbons (Fsp3) is 0.227. The molecule has 2 aromatic rings. The SMILES string of the molecule is CC(C)CN1C(=O)/C(=C\c2ccc(OCC(N)=O)c(Br)c2)SC1=Nc1ccccc1. The number of para-hydroxylation sites is 1. The molecule has 1 aliphatic rings. The zero-order valence-corrected chi connectivity index (χ0v) is 19.1. The lowest BCUT2D eigenvalue weighted by molar-refractivity contribution is -0.122. The van der Waals surface area contributed by atoms with Crippen LogP contribution in [0.4, 0.5) is 5.69 Å². The molecule has 1 fully saturated rings. The lowest BCUT2D eigenvalue weighted by atomic mass is 10.2. The molecule has 2 amide bonds. The molecule has 0 aromatic heterocycles. The molecule has 156 valence electrons. The summed E-state index contributed by atoms with van der Waals surface area (Å²) in [6, 6.07) is 15.0. The maximum absolute atomic E-state index is 13.0. The topological polar surface area (TPSA) is 85.0 Å². The van der Waals surface area contributed by atoms with Gasteiger partial charge in [0.25, 0.3) is 11.8 Å². The van der Waals surface area contributed by atoms with Gasteiger partial charge >= 0.3 is 0 Å². The number of benzene rings is 2. The quantitative estimate of drug-likeness (QED) is 0.579. The number of hydrogen-bond acceptors (Lipinski definition) is 5. The van der Waals surface area contributed by atoms with Gasteiger partial charge in [0.15, 0.2) is 11.8 Å². The van der Waals surface area contributed by atoms with Gasteiger partial charge in [0.2, 0.25) is 0 Å². The second-order valence-corrected chi connectivity index (χ2v) is 8.96. The minimum absolute atomic E-state index is 0.0615. The molecule has 1 heterocycles. The number of primary amides is 1. The minimum atomic E-state index is -0.545. The third-order valence-corrected chi connectivity index (χ3v) is 5.67. The fourth-order valence-electron chi connectivity index (χ4n) is 2.75. The highest BCUT2D eigenvalue weighted by Crippen LogP contribution is 2.35. The number of carbonyl (C=O) groups is 2. The van der Waals surface area contributed by atoms with Gasteiger partial charge in [-0.2, -0.15) is 0 Å². The number of hydrogen-bond donors (Lipinski definition) is 1. The van der Waals surface area contributed by atoms with E-state index in [1.165, 1.54) is 11.8 Å². The number of carbonyl (C=O) groups excluding carboxylic acids is 2. The average molecular weight is 488 g/mol. The minimum Gasteiger partial charge on any atom is -0.483 e. The molecular weight excluding hydrogens is 466 g/mol. The highest BCUT2D eigenvalue weighted by atomic mass is 79.9. The van der Waals surface area contributed by atoms with Crippen LogP contribution in [0.1, 0.15) is 19.4 Å². The van der Waals surface area contributed by atoms with Crippen molar-refractivity contribution in [1.29, 1.82) is 0 Å². The van der Waals surface area contributed by atoms with Gasteiger partial charge in [-0.3, -0.25) is 14.5 Å². The summed E-state index contributed by atoms with van der Waals surface area (Å²) in [6.07, 6.45) is 1.83. The summed E-state index contributed by atoms with van der Waals surface area (Å²) < 4.78 is 6.02. The van der Waals surface area contributed by atoms with E-state index in [9.17, 15) is 9.59 Å². The molecule has 8 heteroatoms. The Morgan fingerprint density at radius 2 is 2.00 bits per heavy atom. The number of amides is 2. The summed E-state index contributed by atoms with van der Waals surface area (Å²) >= 11 is 4.79. The van der Waals surface area contributed by atoms with Crippen molar-refractivity contribution in [3.63, 3.8) is 0 Å². The molecule has 0 aliphatic carbocycles. The average Bonchev–Trinajstić information content (AvgIpc) is 2.96. The Kier molecular flexibility index (Phi) is 7.33. The smallest absolute Gasteiger partial charge is 0.266 e. The van der Waals surface area contributed by atoms with Gasteiger partial charge < -0.3 is 10.5 Å². The van der Waals surface area contributed by atoms with Crippen molar-refractivity contribution in [2.24, 2.45) is 16.6 Å². The predicted molar refractivity (Wildman–Crippen MR) is 124 cm³/mol. The Balaban J connectivity index is 1.87. The number of aliphatic imine (C=N–C) groups is 1. The van der Waals surface area contributed by atoms with Crippen LogP contribution in [0.5, 0.6) is 5.75 Å². The van der Waals surface area contributed by atoms with Crippen molar-refractivity contribution < 1.29 is 14.3 Å². The van der Waals surface area contributed by atoms with Gasteiger partial charge in [-0.1, -0.05) is 38.1 Å². The van der Waals surface area contributed by atoms with Crippen molar-refractivity contribution in [3.05, 3.63) is 63.5 Å². The zero-order valence-electron chi connectivity index (χ0n) is 16.7. The number of ether oxygens (including phenoxy) is 1. The van der Waals surface area contributed by atoms with E-state index in [1.54, 1.807) is 11.0 Å². The van der Waals surface area contributed by atoms with Gasteiger partial charge in [-0.05, 0) is 69.5 Å². The van der Waals surface area contributed by atoms with Gasteiger partial charge in [-0.15, -0.1) is 0 Å². The van der Waals surface area contributed by atoms with Gasteiger partial charge in [-0.25, -0.2) is 4.99 Å². The summed E-state index contributed by atoms with van der Waals surface area (Å²) in [6.45, 7) is 4.54. The molecule has 2 N–H and O–H groups in total. The van der Waals surface area contributed by atoms with E-state index < -0.39 is 5.91 Å². The van der Waals surface area contributed by atoms with Crippen LogP contribution in [-0.2, 0) is 9.59 Å². The molecule has 1 aliphatic heterocycles. The number of nitrogens with zero attached hydrogens (tertiary/aromatic N) is 2. The Bertz CT molecular complexity index is 1010. The van der Waals surface area contributed by atoms with E-state index in [-0.39, 0.29) is 12.5 Å². The number of rotatable bonds is 7. The Hall–Kier alpha value is -2.58. The van der Waals surface area contributed by atoms with Crippen molar-refractivity contribution in [2.45, 2.75) is 13.8 Å². The summed E-state index contributed by atoms with van der Waals surface area (Å²) in [4.78, 5) is 31.0. The van der Waals surface area contributed by atoms with E-state index in [0.29, 0.717) is 32.8 Å². The third-order valence-electron chi connectivity index (χ3n) is 4.04. The van der Waals surface area contributed by atoms with Crippen LogP contribution in [0, 0.1) is 5.92 Å². The molecule has 2 aromatic carbocycles. The van der Waals surface area contributed by atoms with Crippen LogP contribution in [0.15, 0.2) is 62.9 Å². The van der Waals surface area contributed by atoms with E-state index >= 15 is 0 Å². The second kappa shape index (κ2) is 9.95. The van der Waals surface area contributed by atoms with Crippen LogP contribution >= 0.6 is 27.7 Å². The van der Waals surface area contributed by atoms with Crippen LogP contribution in [-0.4, -0.2) is 35.0 Å². The van der Waals surface area contributed by atoms with Gasteiger partial charge in [0, 0.05) is 6.54 Å². The molecule has 30 heavy (non-hydrogen) atoms. The molecular formula is C22H22BrN3O3S. The zero-order chi connectivity index (χ0) is 21.7. The number of amidine groups is 1. The maximum atomic E-state index is 13.0. The number of thioether (sulfide) groups is 1. The first kappa shape index (κ1) is 22.1. The van der Waals surface area contributed by atoms with Crippen LogP contribution in [0.2, 0.25) is 0 Å². The van der Waals surface area contributed by atoms with Crippen LogP contribution in [0.25, 0.3) is 6.08 Å². The molecule has 0 saturated carbocycles. The molecule has 6 nitrogen and oxygen atoms in total. The first-order valence-corrected chi connectivity index (χ1v) is 11.0. The van der Waals surface area contributed by atoms with Gasteiger partial charge in [0.1, 0.15) is 5.75 Å². The summed E-state index contributed by atoms with van der Waals surface area (Å²) in [7, 11) is 0.